The Morgan fingerprint density at radius 1 is 0.968 bits per heavy atom. The zero-order valence-corrected chi connectivity index (χ0v) is 16.8. The van der Waals surface area contributed by atoms with Crippen LogP contribution in [0.4, 0.5) is 46.8 Å². The number of halogens is 3. The van der Waals surface area contributed by atoms with Crippen molar-refractivity contribution in [2.24, 2.45) is 0 Å². The Morgan fingerprint density at radius 3 is 2.32 bits per heavy atom. The van der Waals surface area contributed by atoms with Gasteiger partial charge < -0.3 is 21.3 Å². The number of rotatable bonds is 6. The molecule has 10 heteroatoms. The molecule has 4 N–H and O–H groups in total. The highest BCUT2D eigenvalue weighted by Gasteiger charge is 2.33. The smallest absolute Gasteiger partial charge is 0.354 e. The molecule has 0 fully saturated rings. The number of hydrogen-bond donors (Lipinski definition) is 4. The third kappa shape index (κ3) is 6.08. The molecule has 3 aromatic rings. The molecule has 2 aromatic carbocycles. The van der Waals surface area contributed by atoms with Crippen molar-refractivity contribution in [2.75, 3.05) is 27.8 Å². The van der Waals surface area contributed by atoms with Gasteiger partial charge >= 0.3 is 12.2 Å². The molecule has 31 heavy (non-hydrogen) atoms. The number of amides is 2. The zero-order chi connectivity index (χ0) is 22.4. The highest BCUT2D eigenvalue weighted by atomic mass is 19.4. The summed E-state index contributed by atoms with van der Waals surface area (Å²) < 4.78 is 39.2. The number of alkyl halides is 3. The van der Waals surface area contributed by atoms with E-state index in [9.17, 15) is 18.0 Å². The van der Waals surface area contributed by atoms with Crippen molar-refractivity contribution in [2.45, 2.75) is 20.0 Å². The molecule has 0 saturated heterocycles. The molecular formula is C21H21F3N6O. The molecule has 0 aliphatic carbocycles. The number of carbonyl (C=O) groups is 1. The Labute approximate surface area is 177 Å². The minimum Gasteiger partial charge on any atom is -0.354 e. The molecule has 0 radical (unpaired) electrons. The number of benzene rings is 2. The van der Waals surface area contributed by atoms with Gasteiger partial charge in [0, 0.05) is 29.7 Å². The summed E-state index contributed by atoms with van der Waals surface area (Å²) in [4.78, 5) is 20.8. The summed E-state index contributed by atoms with van der Waals surface area (Å²) in [5, 5.41) is 10.9. The Bertz CT molecular complexity index is 1050. The van der Waals surface area contributed by atoms with E-state index in [4.69, 9.17) is 0 Å². The molecule has 162 valence electrons. The molecule has 0 unspecified atom stereocenters. The van der Waals surface area contributed by atoms with Gasteiger partial charge in [0.2, 0.25) is 5.95 Å². The molecule has 2 amide bonds. The van der Waals surface area contributed by atoms with Gasteiger partial charge in [0.05, 0.1) is 11.3 Å². The Hall–Kier alpha value is -3.82. The van der Waals surface area contributed by atoms with Crippen LogP contribution in [0.5, 0.6) is 0 Å². The summed E-state index contributed by atoms with van der Waals surface area (Å²) in [6.45, 7) is 4.50. The van der Waals surface area contributed by atoms with E-state index in [1.54, 1.807) is 30.3 Å². The van der Waals surface area contributed by atoms with Crippen LogP contribution in [-0.4, -0.2) is 22.5 Å². The predicted octanol–water partition coefficient (Wildman–Crippen LogP) is 5.62. The van der Waals surface area contributed by atoms with Crippen molar-refractivity contribution in [1.82, 2.24) is 9.97 Å². The van der Waals surface area contributed by atoms with Crippen LogP contribution in [0.3, 0.4) is 0 Å². The van der Waals surface area contributed by atoms with Crippen LogP contribution in [0.25, 0.3) is 0 Å². The van der Waals surface area contributed by atoms with Crippen LogP contribution < -0.4 is 21.3 Å². The summed E-state index contributed by atoms with van der Waals surface area (Å²) in [5.41, 5.74) is 0.694. The average molecular weight is 430 g/mol. The Balaban J connectivity index is 1.64. The van der Waals surface area contributed by atoms with Gasteiger partial charge in [-0.25, -0.2) is 9.78 Å². The van der Waals surface area contributed by atoms with Crippen LogP contribution in [-0.2, 0) is 6.18 Å². The number of hydrogen-bond acceptors (Lipinski definition) is 5. The lowest BCUT2D eigenvalue weighted by Gasteiger charge is -2.14. The standard InChI is InChI=1S/C21H21F3N6O/c1-3-25-19-26-13(2)12-18(30-19)27-14-8-10-15(11-9-14)28-20(31)29-17-7-5-4-6-16(17)21(22,23)24/h4-12H,3H2,1-2H3,(H2,28,29,31)(H2,25,26,27,30). The average Bonchev–Trinajstić information content (AvgIpc) is 2.69. The summed E-state index contributed by atoms with van der Waals surface area (Å²) >= 11 is 0. The fraction of sp³-hybridized carbons (Fsp3) is 0.190. The number of nitrogens with one attached hydrogen (secondary N) is 4. The van der Waals surface area contributed by atoms with Crippen molar-refractivity contribution >= 4 is 34.9 Å². The first-order valence-corrected chi connectivity index (χ1v) is 9.45. The molecule has 0 atom stereocenters. The molecule has 0 aliphatic rings. The number of aromatic nitrogens is 2. The molecule has 1 aromatic heterocycles. The van der Waals surface area contributed by atoms with E-state index < -0.39 is 17.8 Å². The van der Waals surface area contributed by atoms with E-state index in [1.807, 2.05) is 13.8 Å². The molecule has 1 heterocycles. The first-order chi connectivity index (χ1) is 14.7. The minimum atomic E-state index is -4.57. The number of anilines is 5. The maximum atomic E-state index is 13.1. The van der Waals surface area contributed by atoms with Gasteiger partial charge in [0.15, 0.2) is 0 Å². The second-order valence-electron chi connectivity index (χ2n) is 6.57. The van der Waals surface area contributed by atoms with Crippen LogP contribution >= 0.6 is 0 Å². The van der Waals surface area contributed by atoms with Crippen molar-refractivity contribution in [3.05, 3.63) is 65.9 Å². The van der Waals surface area contributed by atoms with E-state index in [0.717, 1.165) is 11.8 Å². The van der Waals surface area contributed by atoms with E-state index in [1.165, 1.54) is 18.2 Å². The predicted molar refractivity (Wildman–Crippen MR) is 115 cm³/mol. The van der Waals surface area contributed by atoms with Gasteiger partial charge in [0.1, 0.15) is 5.82 Å². The second-order valence-corrected chi connectivity index (χ2v) is 6.57. The maximum Gasteiger partial charge on any atom is 0.418 e. The van der Waals surface area contributed by atoms with Crippen molar-refractivity contribution in [1.29, 1.82) is 0 Å². The van der Waals surface area contributed by atoms with E-state index in [2.05, 4.69) is 31.2 Å². The number of urea groups is 1. The number of aryl methyl sites for hydroxylation is 1. The maximum absolute atomic E-state index is 13.1. The van der Waals surface area contributed by atoms with Gasteiger partial charge in [0.25, 0.3) is 0 Å². The molecule has 0 spiro atoms. The minimum absolute atomic E-state index is 0.318. The van der Waals surface area contributed by atoms with Crippen molar-refractivity contribution in [3.63, 3.8) is 0 Å². The number of para-hydroxylation sites is 1. The highest BCUT2D eigenvalue weighted by molar-refractivity contribution is 6.00. The van der Waals surface area contributed by atoms with Crippen LogP contribution in [0, 0.1) is 6.92 Å². The fourth-order valence-electron chi connectivity index (χ4n) is 2.78. The topological polar surface area (TPSA) is 91.0 Å². The summed E-state index contributed by atoms with van der Waals surface area (Å²) in [5.74, 6) is 1.12. The normalized spacial score (nSPS) is 11.0. The Kier molecular flexibility index (Phi) is 6.58. The van der Waals surface area contributed by atoms with Gasteiger partial charge in [-0.2, -0.15) is 18.2 Å². The van der Waals surface area contributed by atoms with Gasteiger partial charge in [-0.1, -0.05) is 12.1 Å². The largest absolute Gasteiger partial charge is 0.418 e. The number of nitrogens with zero attached hydrogens (tertiary/aromatic N) is 2. The van der Waals surface area contributed by atoms with Gasteiger partial charge in [-0.05, 0) is 50.2 Å². The van der Waals surface area contributed by atoms with Gasteiger partial charge in [-0.3, -0.25) is 0 Å². The van der Waals surface area contributed by atoms with Gasteiger partial charge in [-0.15, -0.1) is 0 Å². The summed E-state index contributed by atoms with van der Waals surface area (Å²) in [6, 6.07) is 12.5. The molecular weight excluding hydrogens is 409 g/mol. The lowest BCUT2D eigenvalue weighted by Crippen LogP contribution is -2.21. The molecule has 7 nitrogen and oxygen atoms in total. The quantitative estimate of drug-likeness (QED) is 0.407. The zero-order valence-electron chi connectivity index (χ0n) is 16.8. The molecule has 3 rings (SSSR count). The van der Waals surface area contributed by atoms with Crippen LogP contribution in [0.15, 0.2) is 54.6 Å². The third-order valence-electron chi connectivity index (χ3n) is 4.08. The second kappa shape index (κ2) is 9.33. The fourth-order valence-corrected chi connectivity index (χ4v) is 2.78. The van der Waals surface area contributed by atoms with Crippen molar-refractivity contribution < 1.29 is 18.0 Å². The molecule has 0 aliphatic heterocycles. The highest BCUT2D eigenvalue weighted by Crippen LogP contribution is 2.34. The van der Waals surface area contributed by atoms with Crippen molar-refractivity contribution in [3.8, 4) is 0 Å². The third-order valence-corrected chi connectivity index (χ3v) is 4.08. The molecule has 0 saturated carbocycles. The first-order valence-electron chi connectivity index (χ1n) is 9.45. The first kappa shape index (κ1) is 21.9. The van der Waals surface area contributed by atoms with E-state index in [-0.39, 0.29) is 5.69 Å². The summed E-state index contributed by atoms with van der Waals surface area (Å²) in [7, 11) is 0. The van der Waals surface area contributed by atoms with Crippen LogP contribution in [0.1, 0.15) is 18.2 Å². The Morgan fingerprint density at radius 2 is 1.65 bits per heavy atom. The lowest BCUT2D eigenvalue weighted by molar-refractivity contribution is -0.136. The van der Waals surface area contributed by atoms with Crippen LogP contribution in [0.2, 0.25) is 0 Å². The summed E-state index contributed by atoms with van der Waals surface area (Å²) in [6.07, 6.45) is -4.57. The van der Waals surface area contributed by atoms with E-state index >= 15 is 0 Å². The number of carbonyl (C=O) groups excluding carboxylic acids is 1. The monoisotopic (exact) mass is 430 g/mol. The van der Waals surface area contributed by atoms with E-state index in [0.29, 0.717) is 29.7 Å². The lowest BCUT2D eigenvalue weighted by atomic mass is 10.1. The SMILES string of the molecule is CCNc1nc(C)cc(Nc2ccc(NC(=O)Nc3ccccc3C(F)(F)F)cc2)n1. The molecule has 0 bridgehead atoms.